The maximum atomic E-state index is 5.71. The average molecular weight is 292 g/mol. The van der Waals surface area contributed by atoms with Crippen LogP contribution in [0.4, 0.5) is 0 Å². The van der Waals surface area contributed by atoms with Gasteiger partial charge in [0, 0.05) is 24.4 Å². The van der Waals surface area contributed by atoms with E-state index in [4.69, 9.17) is 9.47 Å². The van der Waals surface area contributed by atoms with E-state index in [9.17, 15) is 0 Å². The fraction of sp³-hybridized carbons (Fsp3) is 0.400. The van der Waals surface area contributed by atoms with Crippen molar-refractivity contribution >= 4 is 11.3 Å². The average Bonchev–Trinajstić information content (AvgIpc) is 2.93. The summed E-state index contributed by atoms with van der Waals surface area (Å²) in [4.78, 5) is 4.56. The summed E-state index contributed by atoms with van der Waals surface area (Å²) in [7, 11) is 1.65. The molecule has 0 saturated carbocycles. The van der Waals surface area contributed by atoms with Gasteiger partial charge in [-0.15, -0.1) is 11.3 Å². The molecule has 1 aromatic carbocycles. The van der Waals surface area contributed by atoms with Gasteiger partial charge in [0.05, 0.1) is 24.4 Å². The Kier molecular flexibility index (Phi) is 5.83. The van der Waals surface area contributed by atoms with Crippen LogP contribution in [0.3, 0.4) is 0 Å². The van der Waals surface area contributed by atoms with Gasteiger partial charge < -0.3 is 14.8 Å². The molecule has 1 N–H and O–H groups in total. The zero-order chi connectivity index (χ0) is 14.2. The van der Waals surface area contributed by atoms with Gasteiger partial charge >= 0.3 is 0 Å². The van der Waals surface area contributed by atoms with Crippen molar-refractivity contribution in [2.75, 3.05) is 20.3 Å². The highest BCUT2D eigenvalue weighted by atomic mass is 32.1. The van der Waals surface area contributed by atoms with Crippen LogP contribution in [0, 0.1) is 0 Å². The van der Waals surface area contributed by atoms with Crippen molar-refractivity contribution < 1.29 is 9.47 Å². The van der Waals surface area contributed by atoms with Crippen LogP contribution in [0.15, 0.2) is 29.6 Å². The Bertz CT molecular complexity index is 528. The molecule has 4 nitrogen and oxygen atoms in total. The Morgan fingerprint density at radius 1 is 1.30 bits per heavy atom. The topological polar surface area (TPSA) is 43.4 Å². The molecule has 5 heteroatoms. The number of nitrogens with one attached hydrogen (secondary N) is 1. The van der Waals surface area contributed by atoms with E-state index in [1.54, 1.807) is 18.4 Å². The summed E-state index contributed by atoms with van der Waals surface area (Å²) >= 11 is 1.69. The number of rotatable bonds is 8. The third kappa shape index (κ3) is 4.51. The number of aromatic nitrogens is 1. The fourth-order valence-electron chi connectivity index (χ4n) is 1.75. The summed E-state index contributed by atoms with van der Waals surface area (Å²) in [6, 6.07) is 7.65. The van der Waals surface area contributed by atoms with Crippen molar-refractivity contribution in [2.45, 2.75) is 19.9 Å². The number of nitrogens with zero attached hydrogens (tertiary/aromatic N) is 1. The Hall–Kier alpha value is -1.59. The van der Waals surface area contributed by atoms with Crippen LogP contribution >= 0.6 is 11.3 Å². The third-order valence-electron chi connectivity index (χ3n) is 2.78. The van der Waals surface area contributed by atoms with Gasteiger partial charge in [0.25, 0.3) is 0 Å². The van der Waals surface area contributed by atoms with Gasteiger partial charge in [-0.05, 0) is 18.7 Å². The zero-order valence-electron chi connectivity index (χ0n) is 11.9. The summed E-state index contributed by atoms with van der Waals surface area (Å²) in [6.07, 6.45) is 0.827. The van der Waals surface area contributed by atoms with Gasteiger partial charge in [0.15, 0.2) is 0 Å². The van der Waals surface area contributed by atoms with Gasteiger partial charge in [-0.2, -0.15) is 0 Å². The molecule has 0 aliphatic heterocycles. The lowest BCUT2D eigenvalue weighted by atomic mass is 10.3. The van der Waals surface area contributed by atoms with Gasteiger partial charge in [-0.25, -0.2) is 4.98 Å². The van der Waals surface area contributed by atoms with Crippen molar-refractivity contribution in [3.05, 3.63) is 40.3 Å². The molecule has 0 aliphatic carbocycles. The lowest BCUT2D eigenvalue weighted by Crippen LogP contribution is -2.12. The molecule has 0 radical (unpaired) electrons. The highest BCUT2D eigenvalue weighted by Crippen LogP contribution is 2.19. The highest BCUT2D eigenvalue weighted by molar-refractivity contribution is 7.09. The fourth-order valence-corrected chi connectivity index (χ4v) is 2.52. The normalized spacial score (nSPS) is 10.5. The van der Waals surface area contributed by atoms with Crippen molar-refractivity contribution in [1.29, 1.82) is 0 Å². The molecular weight excluding hydrogens is 272 g/mol. The molecule has 0 bridgehead atoms. The highest BCUT2D eigenvalue weighted by Gasteiger charge is 2.03. The van der Waals surface area contributed by atoms with Crippen molar-refractivity contribution in [1.82, 2.24) is 10.3 Å². The van der Waals surface area contributed by atoms with E-state index >= 15 is 0 Å². The molecule has 0 amide bonds. The maximum absolute atomic E-state index is 5.71. The summed E-state index contributed by atoms with van der Waals surface area (Å²) < 4.78 is 10.9. The number of thiazole rings is 1. The molecule has 1 heterocycles. The molecule has 2 aromatic rings. The number of methoxy groups -OCH3 is 1. The van der Waals surface area contributed by atoms with Crippen molar-refractivity contribution in [2.24, 2.45) is 0 Å². The van der Waals surface area contributed by atoms with E-state index in [1.165, 1.54) is 0 Å². The minimum absolute atomic E-state index is 0.626. The molecule has 0 aliphatic rings. The van der Waals surface area contributed by atoms with E-state index in [-0.39, 0.29) is 0 Å². The largest absolute Gasteiger partial charge is 0.497 e. The summed E-state index contributed by atoms with van der Waals surface area (Å²) in [5.74, 6) is 1.64. The van der Waals surface area contributed by atoms with E-state index in [0.717, 1.165) is 41.7 Å². The van der Waals surface area contributed by atoms with Crippen molar-refractivity contribution in [3.8, 4) is 11.5 Å². The molecule has 2 rings (SSSR count). The SMILES string of the molecule is CCNCc1csc(CCOc2cccc(OC)c2)n1. The third-order valence-corrected chi connectivity index (χ3v) is 3.74. The van der Waals surface area contributed by atoms with E-state index in [1.807, 2.05) is 24.3 Å². The molecule has 20 heavy (non-hydrogen) atoms. The van der Waals surface area contributed by atoms with Gasteiger partial charge in [0.1, 0.15) is 11.5 Å². The first-order valence-electron chi connectivity index (χ1n) is 6.72. The quantitative estimate of drug-likeness (QED) is 0.812. The maximum Gasteiger partial charge on any atom is 0.123 e. The van der Waals surface area contributed by atoms with Crippen molar-refractivity contribution in [3.63, 3.8) is 0 Å². The number of benzene rings is 1. The second-order valence-electron chi connectivity index (χ2n) is 4.29. The Balaban J connectivity index is 1.78. The predicted molar refractivity (Wildman–Crippen MR) is 81.7 cm³/mol. The second-order valence-corrected chi connectivity index (χ2v) is 5.23. The van der Waals surface area contributed by atoms with E-state index in [0.29, 0.717) is 6.61 Å². The standard InChI is InChI=1S/C15H20N2O2S/c1-3-16-10-12-11-20-15(17-12)7-8-19-14-6-4-5-13(9-14)18-2/h4-6,9,11,16H,3,7-8,10H2,1-2H3. The first kappa shape index (κ1) is 14.8. The van der Waals surface area contributed by atoms with Gasteiger partial charge in [-0.3, -0.25) is 0 Å². The molecule has 108 valence electrons. The Morgan fingerprint density at radius 2 is 2.15 bits per heavy atom. The first-order valence-corrected chi connectivity index (χ1v) is 7.60. The Morgan fingerprint density at radius 3 is 2.95 bits per heavy atom. The molecule has 0 atom stereocenters. The predicted octanol–water partition coefficient (Wildman–Crippen LogP) is 2.88. The van der Waals surface area contributed by atoms with Crippen LogP contribution in [0.25, 0.3) is 0 Å². The lowest BCUT2D eigenvalue weighted by Gasteiger charge is -2.06. The minimum atomic E-state index is 0.626. The number of hydrogen-bond acceptors (Lipinski definition) is 5. The molecule has 0 saturated heterocycles. The second kappa shape index (κ2) is 7.87. The first-order chi connectivity index (χ1) is 9.81. The lowest BCUT2D eigenvalue weighted by molar-refractivity contribution is 0.318. The van der Waals surface area contributed by atoms with Crippen LogP contribution in [0.5, 0.6) is 11.5 Å². The monoisotopic (exact) mass is 292 g/mol. The van der Waals surface area contributed by atoms with E-state index < -0.39 is 0 Å². The molecule has 1 aromatic heterocycles. The van der Waals surface area contributed by atoms with Crippen LogP contribution in [0.1, 0.15) is 17.6 Å². The smallest absolute Gasteiger partial charge is 0.123 e. The minimum Gasteiger partial charge on any atom is -0.497 e. The Labute approximate surface area is 123 Å². The number of hydrogen-bond donors (Lipinski definition) is 1. The van der Waals surface area contributed by atoms with Crippen LogP contribution in [-0.2, 0) is 13.0 Å². The van der Waals surface area contributed by atoms with Crippen LogP contribution < -0.4 is 14.8 Å². The molecular formula is C15H20N2O2S. The molecule has 0 fully saturated rings. The molecule has 0 unspecified atom stereocenters. The molecule has 0 spiro atoms. The number of ether oxygens (including phenoxy) is 2. The zero-order valence-corrected chi connectivity index (χ0v) is 12.7. The van der Waals surface area contributed by atoms with Crippen LogP contribution in [0.2, 0.25) is 0 Å². The van der Waals surface area contributed by atoms with E-state index in [2.05, 4.69) is 22.6 Å². The summed E-state index contributed by atoms with van der Waals surface area (Å²) in [5, 5.41) is 6.48. The van der Waals surface area contributed by atoms with Gasteiger partial charge in [-0.1, -0.05) is 13.0 Å². The van der Waals surface area contributed by atoms with Crippen LogP contribution in [-0.4, -0.2) is 25.2 Å². The van der Waals surface area contributed by atoms with Gasteiger partial charge in [0.2, 0.25) is 0 Å². The summed E-state index contributed by atoms with van der Waals surface area (Å²) in [6.45, 7) is 4.52. The summed E-state index contributed by atoms with van der Waals surface area (Å²) in [5.41, 5.74) is 1.10.